The molecule has 2 aromatic carbocycles. The summed E-state index contributed by atoms with van der Waals surface area (Å²) in [6, 6.07) is 15.1. The number of nitrogens with one attached hydrogen (secondary N) is 1. The van der Waals surface area contributed by atoms with Gasteiger partial charge in [-0.25, -0.2) is 0 Å². The van der Waals surface area contributed by atoms with E-state index in [1.165, 1.54) is 0 Å². The number of nitrogens with zero attached hydrogens (tertiary/aromatic N) is 2. The summed E-state index contributed by atoms with van der Waals surface area (Å²) >= 11 is 12.3. The number of hydrogen-bond acceptors (Lipinski definition) is 5. The normalized spacial score (nSPS) is 15.3. The molecule has 0 fully saturated rings. The van der Waals surface area contributed by atoms with Crippen molar-refractivity contribution < 1.29 is 9.47 Å². The fourth-order valence-corrected chi connectivity index (χ4v) is 3.79. The molecule has 1 aromatic heterocycles. The van der Waals surface area contributed by atoms with E-state index in [9.17, 15) is 5.26 Å². The number of rotatable bonds is 5. The summed E-state index contributed by atoms with van der Waals surface area (Å²) in [5.41, 5.74) is 9.28. The molecular weight excluding hydrogens is 423 g/mol. The van der Waals surface area contributed by atoms with Gasteiger partial charge in [0.15, 0.2) is 0 Å². The molecule has 4 rings (SSSR count). The molecule has 3 N–H and O–H groups in total. The van der Waals surface area contributed by atoms with Crippen molar-refractivity contribution in [2.24, 2.45) is 5.73 Å². The lowest BCUT2D eigenvalue weighted by molar-refractivity contribution is 0.312. The van der Waals surface area contributed by atoms with Crippen LogP contribution in [0.1, 0.15) is 30.4 Å². The highest BCUT2D eigenvalue weighted by Gasteiger charge is 2.37. The summed E-state index contributed by atoms with van der Waals surface area (Å²) < 4.78 is 11.6. The predicted molar refractivity (Wildman–Crippen MR) is 116 cm³/mol. The van der Waals surface area contributed by atoms with Crippen molar-refractivity contribution in [3.8, 4) is 29.0 Å². The zero-order valence-corrected chi connectivity index (χ0v) is 17.6. The van der Waals surface area contributed by atoms with E-state index in [1.807, 2.05) is 37.3 Å². The fraction of sp³-hybridized carbons (Fsp3) is 0.182. The lowest BCUT2D eigenvalue weighted by Gasteiger charge is -2.25. The van der Waals surface area contributed by atoms with Crippen molar-refractivity contribution >= 4 is 23.2 Å². The van der Waals surface area contributed by atoms with Gasteiger partial charge in [-0.05, 0) is 24.6 Å². The van der Waals surface area contributed by atoms with E-state index in [2.05, 4.69) is 16.3 Å². The van der Waals surface area contributed by atoms with Crippen LogP contribution in [0, 0.1) is 11.3 Å². The Bertz CT molecular complexity index is 1180. The van der Waals surface area contributed by atoms with E-state index < -0.39 is 5.92 Å². The zero-order valence-electron chi connectivity index (χ0n) is 16.1. The van der Waals surface area contributed by atoms with E-state index in [4.69, 9.17) is 38.4 Å². The van der Waals surface area contributed by atoms with Gasteiger partial charge in [0.1, 0.15) is 17.4 Å². The minimum absolute atomic E-state index is 0.0208. The summed E-state index contributed by atoms with van der Waals surface area (Å²) in [4.78, 5) is 0. The van der Waals surface area contributed by atoms with Gasteiger partial charge in [0.25, 0.3) is 0 Å². The summed E-state index contributed by atoms with van der Waals surface area (Å²) in [7, 11) is 0. The Morgan fingerprint density at radius 2 is 2.03 bits per heavy atom. The van der Waals surface area contributed by atoms with Gasteiger partial charge in [0.2, 0.25) is 11.8 Å². The van der Waals surface area contributed by atoms with Crippen LogP contribution in [0.3, 0.4) is 0 Å². The molecule has 0 aliphatic carbocycles. The van der Waals surface area contributed by atoms with E-state index in [0.717, 1.165) is 17.5 Å². The van der Waals surface area contributed by atoms with Crippen molar-refractivity contribution in [3.63, 3.8) is 0 Å². The third-order valence-corrected chi connectivity index (χ3v) is 5.58. The SMILES string of the molecule is CCCOc1ccccc1[C@H]1C(C#N)=C(N)Oc2n[nH]c(-c3ccc(Cl)c(Cl)c3)c21. The number of ether oxygens (including phenoxy) is 2. The van der Waals surface area contributed by atoms with Crippen LogP contribution in [0.5, 0.6) is 11.6 Å². The molecule has 1 atom stereocenters. The summed E-state index contributed by atoms with van der Waals surface area (Å²) in [6.45, 7) is 2.59. The number of nitrogens with two attached hydrogens (primary N) is 1. The number of nitriles is 1. The van der Waals surface area contributed by atoms with Crippen LogP contribution in [0.4, 0.5) is 0 Å². The second kappa shape index (κ2) is 8.31. The molecule has 3 aromatic rings. The summed E-state index contributed by atoms with van der Waals surface area (Å²) in [6.07, 6.45) is 0.858. The molecule has 0 saturated heterocycles. The van der Waals surface area contributed by atoms with Gasteiger partial charge in [-0.15, -0.1) is 5.10 Å². The highest BCUT2D eigenvalue weighted by Crippen LogP contribution is 2.48. The Balaban J connectivity index is 1.93. The molecule has 0 unspecified atom stereocenters. The van der Waals surface area contributed by atoms with Crippen LogP contribution in [-0.2, 0) is 0 Å². The maximum atomic E-state index is 9.89. The highest BCUT2D eigenvalue weighted by atomic mass is 35.5. The van der Waals surface area contributed by atoms with Gasteiger partial charge in [-0.2, -0.15) is 5.26 Å². The quantitative estimate of drug-likeness (QED) is 0.553. The van der Waals surface area contributed by atoms with Gasteiger partial charge < -0.3 is 15.2 Å². The van der Waals surface area contributed by atoms with Crippen LogP contribution < -0.4 is 15.2 Å². The van der Waals surface area contributed by atoms with Crippen molar-refractivity contribution in [2.45, 2.75) is 19.3 Å². The molecule has 0 spiro atoms. The van der Waals surface area contributed by atoms with Gasteiger partial charge in [-0.1, -0.05) is 54.4 Å². The smallest absolute Gasteiger partial charge is 0.244 e. The molecule has 1 aliphatic rings. The maximum absolute atomic E-state index is 9.89. The number of aromatic amines is 1. The number of allylic oxidation sites excluding steroid dienone is 1. The third-order valence-electron chi connectivity index (χ3n) is 4.84. The standard InChI is InChI=1S/C22H18Cl2N4O2/c1-2-9-29-17-6-4-3-5-13(17)18-14(11-25)21(26)30-22-19(18)20(27-28-22)12-7-8-15(23)16(24)10-12/h3-8,10,18H,2,9,26H2,1H3,(H,27,28)/t18-/m0/s1. The van der Waals surface area contributed by atoms with Crippen LogP contribution >= 0.6 is 23.2 Å². The molecule has 0 saturated carbocycles. The number of H-pyrrole nitrogens is 1. The average molecular weight is 441 g/mol. The van der Waals surface area contributed by atoms with Gasteiger partial charge in [-0.3, -0.25) is 5.10 Å². The number of halogens is 2. The lowest BCUT2D eigenvalue weighted by atomic mass is 9.82. The molecule has 0 amide bonds. The van der Waals surface area contributed by atoms with Gasteiger partial charge in [0, 0.05) is 11.1 Å². The second-order valence-electron chi connectivity index (χ2n) is 6.76. The fourth-order valence-electron chi connectivity index (χ4n) is 3.49. The number of fused-ring (bicyclic) bond motifs is 1. The van der Waals surface area contributed by atoms with Crippen molar-refractivity contribution in [2.75, 3.05) is 6.61 Å². The minimum Gasteiger partial charge on any atom is -0.493 e. The lowest BCUT2D eigenvalue weighted by Crippen LogP contribution is -2.21. The number of hydrogen-bond donors (Lipinski definition) is 2. The van der Waals surface area contributed by atoms with Crippen LogP contribution in [0.25, 0.3) is 11.3 Å². The summed E-state index contributed by atoms with van der Waals surface area (Å²) in [5.74, 6) is 0.490. The number of para-hydroxylation sites is 1. The monoisotopic (exact) mass is 440 g/mol. The number of benzene rings is 2. The molecular formula is C22H18Cl2N4O2. The van der Waals surface area contributed by atoms with Gasteiger partial charge >= 0.3 is 0 Å². The molecule has 8 heteroatoms. The Labute approximate surface area is 183 Å². The van der Waals surface area contributed by atoms with E-state index in [0.29, 0.717) is 39.5 Å². The Hall–Kier alpha value is -3.14. The Kier molecular flexibility index (Phi) is 5.58. The molecule has 0 radical (unpaired) electrons. The first-order chi connectivity index (χ1) is 14.5. The molecule has 1 aliphatic heterocycles. The van der Waals surface area contributed by atoms with Crippen molar-refractivity contribution in [3.05, 3.63) is 75.1 Å². The van der Waals surface area contributed by atoms with Crippen LogP contribution in [-0.4, -0.2) is 16.8 Å². The van der Waals surface area contributed by atoms with Crippen LogP contribution in [0.2, 0.25) is 10.0 Å². The van der Waals surface area contributed by atoms with E-state index >= 15 is 0 Å². The van der Waals surface area contributed by atoms with Crippen LogP contribution in [0.15, 0.2) is 53.9 Å². The first-order valence-electron chi connectivity index (χ1n) is 9.38. The Morgan fingerprint density at radius 1 is 1.23 bits per heavy atom. The summed E-state index contributed by atoms with van der Waals surface area (Å²) in [5, 5.41) is 18.0. The highest BCUT2D eigenvalue weighted by molar-refractivity contribution is 6.42. The predicted octanol–water partition coefficient (Wildman–Crippen LogP) is 5.39. The first-order valence-corrected chi connectivity index (χ1v) is 10.1. The maximum Gasteiger partial charge on any atom is 0.244 e. The third kappa shape index (κ3) is 3.47. The topological polar surface area (TPSA) is 96.9 Å². The first kappa shape index (κ1) is 20.1. The molecule has 0 bridgehead atoms. The van der Waals surface area contributed by atoms with Gasteiger partial charge in [0.05, 0.1) is 33.8 Å². The largest absolute Gasteiger partial charge is 0.493 e. The average Bonchev–Trinajstić information content (AvgIpc) is 3.16. The molecule has 6 nitrogen and oxygen atoms in total. The molecule has 30 heavy (non-hydrogen) atoms. The molecule has 2 heterocycles. The zero-order chi connectivity index (χ0) is 21.3. The van der Waals surface area contributed by atoms with E-state index in [1.54, 1.807) is 12.1 Å². The Morgan fingerprint density at radius 3 is 2.77 bits per heavy atom. The van der Waals surface area contributed by atoms with E-state index in [-0.39, 0.29) is 11.5 Å². The number of aromatic nitrogens is 2. The van der Waals surface area contributed by atoms with Crippen molar-refractivity contribution in [1.29, 1.82) is 5.26 Å². The second-order valence-corrected chi connectivity index (χ2v) is 7.57. The van der Waals surface area contributed by atoms with Crippen molar-refractivity contribution in [1.82, 2.24) is 10.2 Å². The molecule has 152 valence electrons. The minimum atomic E-state index is -0.519.